The number of carbonyl (C=O) groups excluding carboxylic acids is 1. The summed E-state index contributed by atoms with van der Waals surface area (Å²) in [5.41, 5.74) is -3.60. The molecule has 0 aliphatic rings. The van der Waals surface area contributed by atoms with E-state index in [4.69, 9.17) is 9.47 Å². The molecule has 10 nitrogen and oxygen atoms in total. The molecule has 1 atom stereocenters. The molecule has 0 aliphatic heterocycles. The number of aromatic nitrogens is 2. The summed E-state index contributed by atoms with van der Waals surface area (Å²) in [4.78, 5) is 51.4. The van der Waals surface area contributed by atoms with Crippen molar-refractivity contribution in [1.82, 2.24) is 9.13 Å². The normalized spacial score (nSPS) is 12.5. The van der Waals surface area contributed by atoms with Crippen LogP contribution in [0, 0.1) is 12.7 Å². The minimum absolute atomic E-state index is 0.0432. The third-order valence-electron chi connectivity index (χ3n) is 5.66. The molecule has 35 heavy (non-hydrogen) atoms. The van der Waals surface area contributed by atoms with Crippen molar-refractivity contribution in [2.24, 2.45) is 0 Å². The monoisotopic (exact) mass is 508 g/mol. The molecule has 1 aromatic carbocycles. The molecule has 2 heterocycles. The Kier molecular flexibility index (Phi) is 7.18. The molecule has 0 unspecified atom stereocenters. The summed E-state index contributed by atoms with van der Waals surface area (Å²) in [6.07, 6.45) is -1.48. The Hall–Kier alpha value is -3.51. The molecule has 0 spiro atoms. The van der Waals surface area contributed by atoms with Crippen LogP contribution in [0.4, 0.5) is 4.39 Å². The first-order valence-electron chi connectivity index (χ1n) is 10.6. The molecule has 0 radical (unpaired) electrons. The first-order chi connectivity index (χ1) is 16.4. The molecule has 0 saturated carbocycles. The van der Waals surface area contributed by atoms with E-state index >= 15 is 0 Å². The lowest BCUT2D eigenvalue weighted by Gasteiger charge is -2.24. The van der Waals surface area contributed by atoms with Crippen molar-refractivity contribution in [3.63, 3.8) is 0 Å². The van der Waals surface area contributed by atoms with E-state index in [0.29, 0.717) is 4.57 Å². The van der Waals surface area contributed by atoms with Crippen LogP contribution in [0.3, 0.4) is 0 Å². The number of methoxy groups -OCH3 is 1. The van der Waals surface area contributed by atoms with E-state index in [-0.39, 0.29) is 38.6 Å². The van der Waals surface area contributed by atoms with Gasteiger partial charge in [0, 0.05) is 5.56 Å². The summed E-state index contributed by atoms with van der Waals surface area (Å²) >= 11 is 0.816. The number of aliphatic hydroxyl groups is 1. The lowest BCUT2D eigenvalue weighted by molar-refractivity contribution is -0.146. The van der Waals surface area contributed by atoms with Gasteiger partial charge in [0.25, 0.3) is 5.56 Å². The van der Waals surface area contributed by atoms with Gasteiger partial charge in [-0.25, -0.2) is 23.3 Å². The average Bonchev–Trinajstić information content (AvgIpc) is 3.13. The maximum atomic E-state index is 13.9. The van der Waals surface area contributed by atoms with Crippen LogP contribution in [-0.4, -0.2) is 45.0 Å². The number of nitrogens with zero attached hydrogens (tertiary/aromatic N) is 2. The number of thiophene rings is 1. The van der Waals surface area contributed by atoms with Crippen molar-refractivity contribution in [3.8, 4) is 5.75 Å². The van der Waals surface area contributed by atoms with Gasteiger partial charge in [-0.2, -0.15) is 0 Å². The van der Waals surface area contributed by atoms with Crippen molar-refractivity contribution in [2.75, 3.05) is 13.7 Å². The van der Waals surface area contributed by atoms with Crippen molar-refractivity contribution in [2.45, 2.75) is 45.9 Å². The largest absolute Gasteiger partial charge is 0.496 e. The molecule has 2 aromatic heterocycles. The van der Waals surface area contributed by atoms with Crippen LogP contribution >= 0.6 is 11.3 Å². The second-order valence-corrected chi connectivity index (χ2v) is 9.26. The van der Waals surface area contributed by atoms with Crippen LogP contribution in [0.2, 0.25) is 0 Å². The van der Waals surface area contributed by atoms with Crippen molar-refractivity contribution < 1.29 is 33.7 Å². The van der Waals surface area contributed by atoms with Crippen LogP contribution in [0.1, 0.15) is 47.7 Å². The highest BCUT2D eigenvalue weighted by Crippen LogP contribution is 2.32. The fourth-order valence-electron chi connectivity index (χ4n) is 3.72. The Labute approximate surface area is 202 Å². The SMILES string of the molecule is CCOC(=O)c1sc2c(c1C)c(=O)n(C(C)(C)C(=O)O)c(=O)n2C[C@H](O)c1cc(F)ccc1OC. The van der Waals surface area contributed by atoms with Gasteiger partial charge in [0.05, 0.1) is 25.6 Å². The Bertz CT molecular complexity index is 1440. The van der Waals surface area contributed by atoms with E-state index < -0.39 is 47.2 Å². The van der Waals surface area contributed by atoms with E-state index in [0.717, 1.165) is 28.0 Å². The molecule has 0 amide bonds. The van der Waals surface area contributed by atoms with Crippen molar-refractivity contribution in [3.05, 3.63) is 60.9 Å². The number of aliphatic hydroxyl groups excluding tert-OH is 1. The number of aliphatic carboxylic acids is 1. The first-order valence-corrected chi connectivity index (χ1v) is 11.4. The molecule has 0 bridgehead atoms. The molecule has 0 aliphatic carbocycles. The van der Waals surface area contributed by atoms with Crippen molar-refractivity contribution >= 4 is 33.5 Å². The van der Waals surface area contributed by atoms with Crippen LogP contribution in [0.15, 0.2) is 27.8 Å². The molecule has 3 rings (SSSR count). The number of hydrogen-bond donors (Lipinski definition) is 2. The topological polar surface area (TPSA) is 137 Å². The molecule has 2 N–H and O–H groups in total. The highest BCUT2D eigenvalue weighted by Gasteiger charge is 2.36. The lowest BCUT2D eigenvalue weighted by Crippen LogP contribution is -2.52. The number of carboxylic acids is 1. The zero-order valence-electron chi connectivity index (χ0n) is 19.7. The molecule has 3 aromatic rings. The molecular weight excluding hydrogens is 483 g/mol. The number of carboxylic acid groups (broad SMARTS) is 1. The van der Waals surface area contributed by atoms with E-state index in [1.807, 2.05) is 0 Å². The molecule has 0 fully saturated rings. The average molecular weight is 509 g/mol. The number of esters is 1. The second-order valence-electron chi connectivity index (χ2n) is 8.26. The second kappa shape index (κ2) is 9.62. The number of aryl methyl sites for hydroxylation is 1. The number of rotatable bonds is 8. The standard InChI is InChI=1S/C23H25FN2O8S/c1-6-34-20(29)17-11(2)16-18(28)26(23(3,4)21(30)31)22(32)25(19(16)35-17)10-14(27)13-9-12(24)7-8-15(13)33-5/h7-9,14,27H,6,10H2,1-5H3,(H,30,31)/t14-/m0/s1. The smallest absolute Gasteiger partial charge is 0.348 e. The number of hydrogen-bond acceptors (Lipinski definition) is 8. The fourth-order valence-corrected chi connectivity index (χ4v) is 4.92. The van der Waals surface area contributed by atoms with E-state index in [1.165, 1.54) is 33.9 Å². The summed E-state index contributed by atoms with van der Waals surface area (Å²) in [6, 6.07) is 3.50. The molecule has 12 heteroatoms. The number of fused-ring (bicyclic) bond motifs is 1. The maximum absolute atomic E-state index is 13.9. The van der Waals surface area contributed by atoms with Gasteiger partial charge in [-0.1, -0.05) is 0 Å². The predicted molar refractivity (Wildman–Crippen MR) is 126 cm³/mol. The molecule has 188 valence electrons. The van der Waals surface area contributed by atoms with Gasteiger partial charge in [0.15, 0.2) is 0 Å². The van der Waals surface area contributed by atoms with E-state index in [2.05, 4.69) is 0 Å². The van der Waals surface area contributed by atoms with Crippen LogP contribution in [-0.2, 0) is 21.6 Å². The van der Waals surface area contributed by atoms with Gasteiger partial charge in [-0.3, -0.25) is 9.36 Å². The van der Waals surface area contributed by atoms with Crippen LogP contribution in [0.25, 0.3) is 10.2 Å². The summed E-state index contributed by atoms with van der Waals surface area (Å²) < 4.78 is 25.7. The zero-order chi connectivity index (χ0) is 26.2. The summed E-state index contributed by atoms with van der Waals surface area (Å²) in [5, 5.41) is 20.6. The Morgan fingerprint density at radius 2 is 1.91 bits per heavy atom. The minimum Gasteiger partial charge on any atom is -0.496 e. The van der Waals surface area contributed by atoms with Gasteiger partial charge in [-0.05, 0) is 51.5 Å². The van der Waals surface area contributed by atoms with Gasteiger partial charge < -0.3 is 19.7 Å². The summed E-state index contributed by atoms with van der Waals surface area (Å²) in [6.45, 7) is 5.08. The number of ether oxygens (including phenoxy) is 2. The highest BCUT2D eigenvalue weighted by molar-refractivity contribution is 7.20. The highest BCUT2D eigenvalue weighted by atomic mass is 32.1. The zero-order valence-corrected chi connectivity index (χ0v) is 20.6. The van der Waals surface area contributed by atoms with Crippen molar-refractivity contribution in [1.29, 1.82) is 0 Å². The third-order valence-corrected chi connectivity index (χ3v) is 6.96. The Balaban J connectivity index is 2.37. The van der Waals surface area contributed by atoms with Gasteiger partial charge in [-0.15, -0.1) is 11.3 Å². The quantitative estimate of drug-likeness (QED) is 0.443. The lowest BCUT2D eigenvalue weighted by atomic mass is 10.1. The Morgan fingerprint density at radius 3 is 2.49 bits per heavy atom. The number of carbonyl (C=O) groups is 2. The maximum Gasteiger partial charge on any atom is 0.348 e. The fraction of sp³-hybridized carbons (Fsp3) is 0.391. The van der Waals surface area contributed by atoms with Gasteiger partial charge in [0.2, 0.25) is 0 Å². The Morgan fingerprint density at radius 1 is 1.26 bits per heavy atom. The molecule has 0 saturated heterocycles. The van der Waals surface area contributed by atoms with Gasteiger partial charge >= 0.3 is 17.6 Å². The third kappa shape index (κ3) is 4.46. The number of benzene rings is 1. The van der Waals surface area contributed by atoms with E-state index in [9.17, 15) is 33.8 Å². The molecular formula is C23H25FN2O8S. The summed E-state index contributed by atoms with van der Waals surface area (Å²) in [5.74, 6) is -2.63. The predicted octanol–water partition coefficient (Wildman–Crippen LogP) is 2.41. The van der Waals surface area contributed by atoms with E-state index in [1.54, 1.807) is 6.92 Å². The number of halogens is 1. The summed E-state index contributed by atoms with van der Waals surface area (Å²) in [7, 11) is 1.33. The van der Waals surface area contributed by atoms with Crippen LogP contribution < -0.4 is 16.0 Å². The minimum atomic E-state index is -1.95. The van der Waals surface area contributed by atoms with Crippen LogP contribution in [0.5, 0.6) is 5.75 Å². The first kappa shape index (κ1) is 26.1. The van der Waals surface area contributed by atoms with Gasteiger partial charge in [0.1, 0.15) is 32.9 Å².